The first-order valence-corrected chi connectivity index (χ1v) is 4.30. The number of rotatable bonds is 2. The van der Waals surface area contributed by atoms with Crippen LogP contribution in [0, 0.1) is 0 Å². The predicted molar refractivity (Wildman–Crippen MR) is 47.4 cm³/mol. The molecular formula is C10H16O. The van der Waals surface area contributed by atoms with E-state index in [4.69, 9.17) is 0 Å². The fourth-order valence-electron chi connectivity index (χ4n) is 1.36. The van der Waals surface area contributed by atoms with E-state index in [1.165, 1.54) is 5.57 Å². The van der Waals surface area contributed by atoms with Crippen LogP contribution in [0.25, 0.3) is 0 Å². The maximum absolute atomic E-state index is 9.85. The molecular weight excluding hydrogens is 136 g/mol. The summed E-state index contributed by atoms with van der Waals surface area (Å²) in [6, 6.07) is 0. The summed E-state index contributed by atoms with van der Waals surface area (Å²) in [6.45, 7) is 4.14. The van der Waals surface area contributed by atoms with Crippen LogP contribution < -0.4 is 0 Å². The Morgan fingerprint density at radius 2 is 2.27 bits per heavy atom. The van der Waals surface area contributed by atoms with Gasteiger partial charge in [-0.1, -0.05) is 37.6 Å². The molecule has 1 unspecified atom stereocenters. The second kappa shape index (κ2) is 3.22. The van der Waals surface area contributed by atoms with Crippen LogP contribution in [0.4, 0.5) is 0 Å². The lowest BCUT2D eigenvalue weighted by atomic mass is 9.87. The van der Waals surface area contributed by atoms with Crippen LogP contribution in [0.2, 0.25) is 0 Å². The molecule has 0 fully saturated rings. The Morgan fingerprint density at radius 1 is 1.55 bits per heavy atom. The maximum atomic E-state index is 9.85. The molecule has 0 spiro atoms. The summed E-state index contributed by atoms with van der Waals surface area (Å²) in [6.07, 6.45) is 8.63. The van der Waals surface area contributed by atoms with Crippen molar-refractivity contribution < 1.29 is 5.11 Å². The third kappa shape index (κ3) is 1.93. The zero-order valence-corrected chi connectivity index (χ0v) is 7.30. The van der Waals surface area contributed by atoms with Gasteiger partial charge >= 0.3 is 0 Å². The van der Waals surface area contributed by atoms with Crippen molar-refractivity contribution in [2.45, 2.75) is 38.7 Å². The van der Waals surface area contributed by atoms with E-state index in [-0.39, 0.29) is 0 Å². The molecule has 0 aromatic heterocycles. The first-order chi connectivity index (χ1) is 5.20. The van der Waals surface area contributed by atoms with Crippen molar-refractivity contribution in [1.82, 2.24) is 0 Å². The average Bonchev–Trinajstić information content (AvgIpc) is 2.05. The van der Waals surface area contributed by atoms with E-state index in [2.05, 4.69) is 13.0 Å². The number of allylic oxidation sites excluding steroid dienone is 2. The highest BCUT2D eigenvalue weighted by molar-refractivity contribution is 5.24. The van der Waals surface area contributed by atoms with Crippen LogP contribution in [0.1, 0.15) is 33.1 Å². The molecule has 0 aromatic carbocycles. The summed E-state index contributed by atoms with van der Waals surface area (Å²) in [4.78, 5) is 0. The summed E-state index contributed by atoms with van der Waals surface area (Å²) in [5, 5.41) is 9.85. The minimum atomic E-state index is -0.555. The lowest BCUT2D eigenvalue weighted by molar-refractivity contribution is 0.0851. The molecule has 1 aliphatic rings. The van der Waals surface area contributed by atoms with E-state index in [9.17, 15) is 5.11 Å². The van der Waals surface area contributed by atoms with Gasteiger partial charge in [0, 0.05) is 6.42 Å². The summed E-state index contributed by atoms with van der Waals surface area (Å²) in [5.41, 5.74) is 0.789. The van der Waals surface area contributed by atoms with E-state index in [0.717, 1.165) is 19.3 Å². The first-order valence-electron chi connectivity index (χ1n) is 4.30. The van der Waals surface area contributed by atoms with Crippen molar-refractivity contribution in [3.8, 4) is 0 Å². The fourth-order valence-corrected chi connectivity index (χ4v) is 1.36. The Hall–Kier alpha value is -0.560. The van der Waals surface area contributed by atoms with E-state index < -0.39 is 5.60 Å². The molecule has 1 N–H and O–H groups in total. The second-order valence-electron chi connectivity index (χ2n) is 3.17. The molecule has 0 heterocycles. The number of hydrogen-bond acceptors (Lipinski definition) is 1. The van der Waals surface area contributed by atoms with Gasteiger partial charge in [-0.2, -0.15) is 0 Å². The molecule has 0 amide bonds. The van der Waals surface area contributed by atoms with Crippen molar-refractivity contribution in [2.24, 2.45) is 0 Å². The van der Waals surface area contributed by atoms with Crippen LogP contribution in [0.5, 0.6) is 0 Å². The van der Waals surface area contributed by atoms with Gasteiger partial charge in [0.05, 0.1) is 5.60 Å². The monoisotopic (exact) mass is 152 g/mol. The zero-order chi connectivity index (χ0) is 8.32. The van der Waals surface area contributed by atoms with Crippen molar-refractivity contribution >= 4 is 0 Å². The van der Waals surface area contributed by atoms with Gasteiger partial charge in [0.1, 0.15) is 0 Å². The van der Waals surface area contributed by atoms with Crippen LogP contribution in [0.3, 0.4) is 0 Å². The largest absolute Gasteiger partial charge is 0.385 e. The molecule has 0 aromatic rings. The third-order valence-corrected chi connectivity index (χ3v) is 2.34. The van der Waals surface area contributed by atoms with Gasteiger partial charge in [0.25, 0.3) is 0 Å². The lowest BCUT2D eigenvalue weighted by Crippen LogP contribution is -2.26. The van der Waals surface area contributed by atoms with Crippen LogP contribution in [-0.2, 0) is 0 Å². The van der Waals surface area contributed by atoms with Crippen LogP contribution in [-0.4, -0.2) is 10.7 Å². The highest BCUT2D eigenvalue weighted by Crippen LogP contribution is 2.27. The van der Waals surface area contributed by atoms with Gasteiger partial charge in [-0.25, -0.2) is 0 Å². The molecule has 1 nitrogen and oxygen atoms in total. The maximum Gasteiger partial charge on any atom is 0.0865 e. The zero-order valence-electron chi connectivity index (χ0n) is 7.30. The Balaban J connectivity index is 2.68. The van der Waals surface area contributed by atoms with E-state index in [1.807, 2.05) is 19.1 Å². The first kappa shape index (κ1) is 8.54. The minimum absolute atomic E-state index is 0.555. The van der Waals surface area contributed by atoms with E-state index in [1.54, 1.807) is 0 Å². The molecule has 0 bridgehead atoms. The fraction of sp³-hybridized carbons (Fsp3) is 0.600. The Kier molecular flexibility index (Phi) is 2.50. The molecule has 11 heavy (non-hydrogen) atoms. The standard InChI is InChI=1S/C10H16O/c1-3-9-6-5-7-10(11,4-2)8-9/h5-7,11H,3-4,8H2,1-2H3. The molecule has 62 valence electrons. The molecule has 0 saturated heterocycles. The number of hydrogen-bond donors (Lipinski definition) is 1. The summed E-state index contributed by atoms with van der Waals surface area (Å²) < 4.78 is 0. The summed E-state index contributed by atoms with van der Waals surface area (Å²) in [7, 11) is 0. The van der Waals surface area contributed by atoms with Crippen molar-refractivity contribution in [3.63, 3.8) is 0 Å². The Bertz CT molecular complexity index is 191. The molecule has 1 rings (SSSR count). The van der Waals surface area contributed by atoms with Gasteiger partial charge < -0.3 is 5.11 Å². The smallest absolute Gasteiger partial charge is 0.0865 e. The SMILES string of the molecule is CCC1=CC=CC(O)(CC)C1. The summed E-state index contributed by atoms with van der Waals surface area (Å²) in [5.74, 6) is 0. The van der Waals surface area contributed by atoms with Gasteiger partial charge in [0.15, 0.2) is 0 Å². The number of aliphatic hydroxyl groups is 1. The van der Waals surface area contributed by atoms with Gasteiger partial charge in [-0.05, 0) is 12.8 Å². The van der Waals surface area contributed by atoms with Gasteiger partial charge in [-0.15, -0.1) is 0 Å². The Morgan fingerprint density at radius 3 is 2.82 bits per heavy atom. The molecule has 1 atom stereocenters. The van der Waals surface area contributed by atoms with Crippen molar-refractivity contribution in [1.29, 1.82) is 0 Å². The topological polar surface area (TPSA) is 20.2 Å². The predicted octanol–water partition coefficient (Wildman–Crippen LogP) is 2.42. The van der Waals surface area contributed by atoms with Gasteiger partial charge in [-0.3, -0.25) is 0 Å². The molecule has 1 aliphatic carbocycles. The van der Waals surface area contributed by atoms with Crippen LogP contribution in [0.15, 0.2) is 23.8 Å². The Labute approximate surface area is 68.4 Å². The summed E-state index contributed by atoms with van der Waals surface area (Å²) >= 11 is 0. The van der Waals surface area contributed by atoms with E-state index >= 15 is 0 Å². The van der Waals surface area contributed by atoms with Crippen molar-refractivity contribution in [3.05, 3.63) is 23.8 Å². The molecule has 1 heteroatoms. The normalized spacial score (nSPS) is 30.3. The molecule has 0 aliphatic heterocycles. The second-order valence-corrected chi connectivity index (χ2v) is 3.17. The highest BCUT2D eigenvalue weighted by Gasteiger charge is 2.23. The molecule has 0 radical (unpaired) electrons. The van der Waals surface area contributed by atoms with E-state index in [0.29, 0.717) is 0 Å². The molecule has 0 saturated carbocycles. The third-order valence-electron chi connectivity index (χ3n) is 2.34. The lowest BCUT2D eigenvalue weighted by Gasteiger charge is -2.26. The average molecular weight is 152 g/mol. The highest BCUT2D eigenvalue weighted by atomic mass is 16.3. The van der Waals surface area contributed by atoms with Crippen LogP contribution >= 0.6 is 0 Å². The minimum Gasteiger partial charge on any atom is -0.385 e. The van der Waals surface area contributed by atoms with Crippen molar-refractivity contribution in [2.75, 3.05) is 0 Å². The quantitative estimate of drug-likeness (QED) is 0.644. The van der Waals surface area contributed by atoms with Gasteiger partial charge in [0.2, 0.25) is 0 Å².